The van der Waals surface area contributed by atoms with Gasteiger partial charge >= 0.3 is 6.18 Å². The van der Waals surface area contributed by atoms with Gasteiger partial charge < -0.3 is 0 Å². The average molecular weight is 259 g/mol. The van der Waals surface area contributed by atoms with E-state index in [0.717, 1.165) is 12.1 Å². The van der Waals surface area contributed by atoms with Gasteiger partial charge in [0.25, 0.3) is 0 Å². The number of halogens is 4. The maximum atomic E-state index is 12.4. The fourth-order valence-electron chi connectivity index (χ4n) is 1.05. The van der Waals surface area contributed by atoms with E-state index >= 15 is 0 Å². The molecular weight excluding hydrogens is 253 g/mol. The van der Waals surface area contributed by atoms with E-state index in [-0.39, 0.29) is 5.02 Å². The Morgan fingerprint density at radius 2 is 1.80 bits per heavy atom. The van der Waals surface area contributed by atoms with Crippen molar-refractivity contribution >= 4 is 21.4 Å². The number of benzene rings is 1. The van der Waals surface area contributed by atoms with Crippen LogP contribution in [0, 0.1) is 0 Å². The predicted molar refractivity (Wildman–Crippen MR) is 49.6 cm³/mol. The van der Waals surface area contributed by atoms with Gasteiger partial charge in [0.15, 0.2) is 9.84 Å². The van der Waals surface area contributed by atoms with Crippen LogP contribution in [0.2, 0.25) is 5.02 Å². The fourth-order valence-corrected chi connectivity index (χ4v) is 2.11. The Hall–Kier alpha value is -0.750. The molecule has 0 aromatic heterocycles. The summed E-state index contributed by atoms with van der Waals surface area (Å²) in [5.41, 5.74) is -1.24. The lowest BCUT2D eigenvalue weighted by molar-refractivity contribution is -0.139. The Labute approximate surface area is 89.6 Å². The van der Waals surface area contributed by atoms with Crippen molar-refractivity contribution in [2.24, 2.45) is 0 Å². The summed E-state index contributed by atoms with van der Waals surface area (Å²) >= 11 is 5.38. The van der Waals surface area contributed by atoms with Gasteiger partial charge in [0.2, 0.25) is 0 Å². The molecule has 0 fully saturated rings. The second kappa shape index (κ2) is 3.68. The van der Waals surface area contributed by atoms with Gasteiger partial charge in [-0.25, -0.2) is 8.42 Å². The highest BCUT2D eigenvalue weighted by Crippen LogP contribution is 2.35. The molecule has 0 aliphatic heterocycles. The number of rotatable bonds is 1. The van der Waals surface area contributed by atoms with Crippen LogP contribution in [-0.2, 0) is 16.0 Å². The molecule has 0 spiro atoms. The van der Waals surface area contributed by atoms with Gasteiger partial charge in [-0.1, -0.05) is 11.6 Å². The van der Waals surface area contributed by atoms with Crippen molar-refractivity contribution in [2.45, 2.75) is 11.1 Å². The van der Waals surface area contributed by atoms with E-state index in [1.165, 1.54) is 0 Å². The van der Waals surface area contributed by atoms with Crippen LogP contribution in [-0.4, -0.2) is 14.7 Å². The molecule has 0 bridgehead atoms. The zero-order valence-electron chi connectivity index (χ0n) is 7.47. The normalized spacial score (nSPS) is 12.9. The Morgan fingerprint density at radius 1 is 1.27 bits per heavy atom. The number of hydrogen-bond acceptors (Lipinski definition) is 2. The van der Waals surface area contributed by atoms with Crippen molar-refractivity contribution in [3.63, 3.8) is 0 Å². The molecule has 84 valence electrons. The largest absolute Gasteiger partial charge is 0.417 e. The van der Waals surface area contributed by atoms with E-state index in [9.17, 15) is 21.6 Å². The first kappa shape index (κ1) is 12.3. The molecular formula is C8H6ClF3O2S. The van der Waals surface area contributed by atoms with Crippen LogP contribution < -0.4 is 0 Å². The lowest BCUT2D eigenvalue weighted by Crippen LogP contribution is -2.12. The monoisotopic (exact) mass is 258 g/mol. The van der Waals surface area contributed by atoms with Crippen molar-refractivity contribution < 1.29 is 21.6 Å². The molecule has 0 saturated carbocycles. The third-order valence-corrected chi connectivity index (χ3v) is 3.04. The molecule has 1 rings (SSSR count). The van der Waals surface area contributed by atoms with Gasteiger partial charge in [0, 0.05) is 11.3 Å². The highest BCUT2D eigenvalue weighted by molar-refractivity contribution is 7.90. The minimum Gasteiger partial charge on any atom is -0.224 e. The first-order valence-corrected chi connectivity index (χ1v) is 5.96. The fraction of sp³-hybridized carbons (Fsp3) is 0.250. The van der Waals surface area contributed by atoms with Crippen molar-refractivity contribution in [2.75, 3.05) is 6.26 Å². The second-order valence-electron chi connectivity index (χ2n) is 2.91. The third kappa shape index (κ3) is 2.85. The van der Waals surface area contributed by atoms with E-state index in [0.29, 0.717) is 12.3 Å². The number of sulfone groups is 1. The molecule has 2 nitrogen and oxygen atoms in total. The summed E-state index contributed by atoms with van der Waals surface area (Å²) in [5, 5.41) is -0.158. The van der Waals surface area contributed by atoms with Crippen LogP contribution in [0.1, 0.15) is 5.56 Å². The summed E-state index contributed by atoms with van der Waals surface area (Å²) in [4.78, 5) is -0.764. The SMILES string of the molecule is CS(=O)(=O)c1ccc(Cl)cc1C(F)(F)F. The van der Waals surface area contributed by atoms with E-state index in [1.807, 2.05) is 0 Å². The van der Waals surface area contributed by atoms with E-state index in [1.54, 1.807) is 0 Å². The minimum absolute atomic E-state index is 0.158. The molecule has 1 aromatic rings. The summed E-state index contributed by atoms with van der Waals surface area (Å²) in [6.07, 6.45) is -4.02. The topological polar surface area (TPSA) is 34.1 Å². The zero-order valence-corrected chi connectivity index (χ0v) is 9.04. The highest BCUT2D eigenvalue weighted by atomic mass is 35.5. The summed E-state index contributed by atoms with van der Waals surface area (Å²) < 4.78 is 59.4. The number of hydrogen-bond donors (Lipinski definition) is 0. The van der Waals surface area contributed by atoms with Gasteiger partial charge in [-0.15, -0.1) is 0 Å². The number of alkyl halides is 3. The predicted octanol–water partition coefficient (Wildman–Crippen LogP) is 2.76. The molecule has 0 unspecified atom stereocenters. The molecule has 15 heavy (non-hydrogen) atoms. The van der Waals surface area contributed by atoms with Crippen LogP contribution in [0.25, 0.3) is 0 Å². The van der Waals surface area contributed by atoms with Gasteiger partial charge in [-0.05, 0) is 18.2 Å². The molecule has 0 atom stereocenters. The van der Waals surface area contributed by atoms with Crippen LogP contribution in [0.3, 0.4) is 0 Å². The van der Waals surface area contributed by atoms with Gasteiger partial charge in [0.1, 0.15) is 0 Å². The van der Waals surface area contributed by atoms with Crippen molar-refractivity contribution in [1.29, 1.82) is 0 Å². The lowest BCUT2D eigenvalue weighted by atomic mass is 10.2. The zero-order chi connectivity index (χ0) is 11.9. The van der Waals surface area contributed by atoms with Crippen LogP contribution in [0.15, 0.2) is 23.1 Å². The van der Waals surface area contributed by atoms with Crippen molar-refractivity contribution in [1.82, 2.24) is 0 Å². The average Bonchev–Trinajstić information content (AvgIpc) is 2.00. The lowest BCUT2D eigenvalue weighted by Gasteiger charge is -2.11. The summed E-state index contributed by atoms with van der Waals surface area (Å²) in [7, 11) is -3.91. The highest BCUT2D eigenvalue weighted by Gasteiger charge is 2.36. The first-order valence-electron chi connectivity index (χ1n) is 3.69. The molecule has 7 heteroatoms. The maximum Gasteiger partial charge on any atom is 0.417 e. The third-order valence-electron chi connectivity index (χ3n) is 1.65. The van der Waals surface area contributed by atoms with E-state index < -0.39 is 26.5 Å². The van der Waals surface area contributed by atoms with Gasteiger partial charge in [0.05, 0.1) is 10.5 Å². The Balaban J connectivity index is 3.55. The molecule has 0 saturated heterocycles. The Kier molecular flexibility index (Phi) is 3.02. The molecule has 1 aromatic carbocycles. The minimum atomic E-state index is -4.73. The smallest absolute Gasteiger partial charge is 0.224 e. The van der Waals surface area contributed by atoms with Crippen LogP contribution in [0.5, 0.6) is 0 Å². The van der Waals surface area contributed by atoms with Gasteiger partial charge in [-0.2, -0.15) is 13.2 Å². The molecule has 0 aliphatic carbocycles. The molecule has 0 N–H and O–H groups in total. The standard InChI is InChI=1S/C8H6ClF3O2S/c1-15(13,14)7-3-2-5(9)4-6(7)8(10,11)12/h2-4H,1H3. The molecule has 0 aliphatic rings. The maximum absolute atomic E-state index is 12.4. The molecule has 0 amide bonds. The van der Waals surface area contributed by atoms with Crippen molar-refractivity contribution in [3.05, 3.63) is 28.8 Å². The van der Waals surface area contributed by atoms with Crippen LogP contribution in [0.4, 0.5) is 13.2 Å². The summed E-state index contributed by atoms with van der Waals surface area (Å²) in [5.74, 6) is 0. The Morgan fingerprint density at radius 3 is 2.20 bits per heavy atom. The Bertz CT molecular complexity index is 479. The second-order valence-corrected chi connectivity index (χ2v) is 5.33. The first-order chi connectivity index (χ1) is 6.62. The van der Waals surface area contributed by atoms with Crippen molar-refractivity contribution in [3.8, 4) is 0 Å². The van der Waals surface area contributed by atoms with E-state index in [4.69, 9.17) is 11.6 Å². The quantitative estimate of drug-likeness (QED) is 0.776. The van der Waals surface area contributed by atoms with Crippen LogP contribution >= 0.6 is 11.6 Å². The molecule has 0 heterocycles. The molecule has 0 radical (unpaired) electrons. The summed E-state index contributed by atoms with van der Waals surface area (Å²) in [6.45, 7) is 0. The van der Waals surface area contributed by atoms with Gasteiger partial charge in [-0.3, -0.25) is 0 Å². The summed E-state index contributed by atoms with van der Waals surface area (Å²) in [6, 6.07) is 2.55. The van der Waals surface area contributed by atoms with E-state index in [2.05, 4.69) is 0 Å².